The number of rotatable bonds is 3. The lowest BCUT2D eigenvalue weighted by molar-refractivity contribution is 0.727. The molecule has 0 saturated carbocycles. The van der Waals surface area contributed by atoms with Gasteiger partial charge in [0.15, 0.2) is 5.82 Å². The van der Waals surface area contributed by atoms with E-state index in [2.05, 4.69) is 174 Å². The number of thiophene rings is 1. The zero-order chi connectivity index (χ0) is 37.2. The Balaban J connectivity index is 1.01. The van der Waals surface area contributed by atoms with Gasteiger partial charge in [-0.15, -0.1) is 11.3 Å². The second-order valence-corrected chi connectivity index (χ2v) is 16.6. The summed E-state index contributed by atoms with van der Waals surface area (Å²) in [5.74, 6) is 0.981. The molecule has 1 aliphatic rings. The maximum Gasteiger partial charge on any atom is 0.160 e. The van der Waals surface area contributed by atoms with Gasteiger partial charge >= 0.3 is 0 Å². The molecule has 1 aliphatic carbocycles. The second kappa shape index (κ2) is 11.8. The van der Waals surface area contributed by atoms with Crippen molar-refractivity contribution in [2.75, 3.05) is 0 Å². The fraction of sp³-hybridized carbons (Fsp3) is 0.0566. The minimum Gasteiger partial charge on any atom is -0.308 e. The highest BCUT2D eigenvalue weighted by atomic mass is 32.1. The molecular formula is C53H33N3S. The van der Waals surface area contributed by atoms with Crippen molar-refractivity contribution < 1.29 is 0 Å². The molecule has 0 saturated heterocycles. The van der Waals surface area contributed by atoms with E-state index in [4.69, 9.17) is 9.97 Å². The molecule has 57 heavy (non-hydrogen) atoms. The highest BCUT2D eigenvalue weighted by Gasteiger charge is 2.30. The first-order valence-corrected chi connectivity index (χ1v) is 20.7. The summed E-state index contributed by atoms with van der Waals surface area (Å²) in [4.78, 5) is 10.5. The lowest BCUT2D eigenvalue weighted by Crippen LogP contribution is -2.03. The third-order valence-electron chi connectivity index (χ3n) is 12.6. The number of aryl methyl sites for hydroxylation is 1. The molecule has 1 unspecified atom stereocenters. The van der Waals surface area contributed by atoms with Gasteiger partial charge < -0.3 is 4.40 Å². The van der Waals surface area contributed by atoms with Gasteiger partial charge in [-0.3, -0.25) is 0 Å². The molecule has 0 bridgehead atoms. The predicted octanol–water partition coefficient (Wildman–Crippen LogP) is 14.2. The van der Waals surface area contributed by atoms with Gasteiger partial charge in [-0.2, -0.15) is 0 Å². The summed E-state index contributed by atoms with van der Waals surface area (Å²) in [6, 6.07) is 62.6. The van der Waals surface area contributed by atoms with E-state index in [1.807, 2.05) is 0 Å². The number of aromatic nitrogens is 3. The molecule has 0 fully saturated rings. The van der Waals surface area contributed by atoms with Gasteiger partial charge in [0.05, 0.1) is 32.5 Å². The Morgan fingerprint density at radius 2 is 1.25 bits per heavy atom. The van der Waals surface area contributed by atoms with Crippen LogP contribution in [0.3, 0.4) is 0 Å². The van der Waals surface area contributed by atoms with E-state index in [1.54, 1.807) is 11.3 Å². The summed E-state index contributed by atoms with van der Waals surface area (Å²) >= 11 is 1.78. The lowest BCUT2D eigenvalue weighted by Gasteiger charge is -2.20. The first-order valence-electron chi connectivity index (χ1n) is 19.8. The van der Waals surface area contributed by atoms with Crippen LogP contribution in [-0.4, -0.2) is 14.4 Å². The summed E-state index contributed by atoms with van der Waals surface area (Å²) in [5, 5.41) is 9.13. The smallest absolute Gasteiger partial charge is 0.160 e. The Morgan fingerprint density at radius 1 is 0.561 bits per heavy atom. The van der Waals surface area contributed by atoms with Gasteiger partial charge in [-0.25, -0.2) is 9.97 Å². The Labute approximate surface area is 332 Å². The van der Waals surface area contributed by atoms with Crippen LogP contribution in [-0.2, 0) is 6.42 Å². The maximum absolute atomic E-state index is 5.27. The van der Waals surface area contributed by atoms with Crippen LogP contribution in [0.1, 0.15) is 29.0 Å². The van der Waals surface area contributed by atoms with E-state index in [1.165, 1.54) is 86.8 Å². The quantitative estimate of drug-likeness (QED) is 0.180. The molecule has 4 heterocycles. The van der Waals surface area contributed by atoms with Gasteiger partial charge in [0.2, 0.25) is 0 Å². The molecule has 0 spiro atoms. The minimum atomic E-state index is 0.220. The fourth-order valence-electron chi connectivity index (χ4n) is 10.0. The van der Waals surface area contributed by atoms with Gasteiger partial charge in [0, 0.05) is 48.7 Å². The van der Waals surface area contributed by atoms with Crippen molar-refractivity contribution in [3.8, 4) is 33.8 Å². The van der Waals surface area contributed by atoms with E-state index in [0.29, 0.717) is 0 Å². The standard InChI is InChI=1S/C53H33N3S/c1-2-12-32(13-3-1)49-52-50(40-18-8-11-21-46(40)57-52)55-53(54-49)33-24-22-31(23-25-33)37-27-26-36-30-43-38-16-6-9-19-44(38)56-45-20-10-7-17-39(45)48(51(43)56)47(36)42-29-35-15-5-4-14-34(35)28-41(37)42/h1-25,28-30,37H,26-27H2. The molecule has 12 aromatic rings. The van der Waals surface area contributed by atoms with Gasteiger partial charge in [-0.1, -0.05) is 133 Å². The van der Waals surface area contributed by atoms with Crippen LogP contribution in [0.2, 0.25) is 0 Å². The Morgan fingerprint density at radius 3 is 2.07 bits per heavy atom. The van der Waals surface area contributed by atoms with Crippen molar-refractivity contribution in [1.29, 1.82) is 0 Å². The molecule has 4 aromatic heterocycles. The monoisotopic (exact) mass is 743 g/mol. The summed E-state index contributed by atoms with van der Waals surface area (Å²) in [7, 11) is 0. The van der Waals surface area contributed by atoms with E-state index >= 15 is 0 Å². The third kappa shape index (κ3) is 4.47. The van der Waals surface area contributed by atoms with Crippen LogP contribution < -0.4 is 0 Å². The largest absolute Gasteiger partial charge is 0.308 e. The summed E-state index contributed by atoms with van der Waals surface area (Å²) < 4.78 is 4.88. The van der Waals surface area contributed by atoms with Crippen LogP contribution in [0.25, 0.3) is 103 Å². The van der Waals surface area contributed by atoms with Crippen LogP contribution >= 0.6 is 11.3 Å². The SMILES string of the molecule is c1ccc(-c2nc(-c3ccc(C4CCc5cc6c7ccccc7n7c8ccccc8c(c5-c5cc8ccccc8cc54)c67)cc3)nc3c2sc2ccccc23)cc1. The normalized spacial score (nSPS) is 14.4. The number of hydrogen-bond acceptors (Lipinski definition) is 3. The zero-order valence-electron chi connectivity index (χ0n) is 30.9. The number of benzene rings is 8. The summed E-state index contributed by atoms with van der Waals surface area (Å²) in [6.07, 6.45) is 2.01. The Hall–Kier alpha value is -6.88. The van der Waals surface area contributed by atoms with Crippen molar-refractivity contribution in [2.45, 2.75) is 18.8 Å². The minimum absolute atomic E-state index is 0.220. The molecule has 0 aliphatic heterocycles. The molecule has 0 N–H and O–H groups in total. The molecule has 8 aromatic carbocycles. The maximum atomic E-state index is 5.27. The van der Waals surface area contributed by atoms with Gasteiger partial charge in [-0.05, 0) is 87.8 Å². The van der Waals surface area contributed by atoms with Gasteiger partial charge in [0.1, 0.15) is 0 Å². The molecular weight excluding hydrogens is 711 g/mol. The van der Waals surface area contributed by atoms with Crippen molar-refractivity contribution in [1.82, 2.24) is 14.4 Å². The first-order chi connectivity index (χ1) is 28.3. The lowest BCUT2D eigenvalue weighted by atomic mass is 9.83. The molecule has 1 atom stereocenters. The number of nitrogens with zero attached hydrogens (tertiary/aromatic N) is 3. The molecule has 266 valence electrons. The van der Waals surface area contributed by atoms with Crippen molar-refractivity contribution in [3.63, 3.8) is 0 Å². The second-order valence-electron chi connectivity index (χ2n) is 15.6. The van der Waals surface area contributed by atoms with Crippen LogP contribution in [0.4, 0.5) is 0 Å². The zero-order valence-corrected chi connectivity index (χ0v) is 31.7. The van der Waals surface area contributed by atoms with Gasteiger partial charge in [0.25, 0.3) is 0 Å². The average molecular weight is 744 g/mol. The van der Waals surface area contributed by atoms with E-state index in [-0.39, 0.29) is 5.92 Å². The van der Waals surface area contributed by atoms with Crippen LogP contribution in [0, 0.1) is 0 Å². The summed E-state index contributed by atoms with van der Waals surface area (Å²) in [5.41, 5.74) is 15.0. The molecule has 13 rings (SSSR count). The number of hydrogen-bond donors (Lipinski definition) is 0. The summed E-state index contributed by atoms with van der Waals surface area (Å²) in [6.45, 7) is 0. The Bertz CT molecular complexity index is 3580. The molecule has 0 amide bonds. The first kappa shape index (κ1) is 31.3. The molecule has 0 radical (unpaired) electrons. The average Bonchev–Trinajstić information content (AvgIpc) is 3.90. The van der Waals surface area contributed by atoms with E-state index < -0.39 is 0 Å². The van der Waals surface area contributed by atoms with Crippen LogP contribution in [0.15, 0.2) is 170 Å². The highest BCUT2D eigenvalue weighted by Crippen LogP contribution is 2.51. The number of fused-ring (bicyclic) bond motifs is 14. The highest BCUT2D eigenvalue weighted by molar-refractivity contribution is 7.26. The molecule has 4 heteroatoms. The van der Waals surface area contributed by atoms with E-state index in [0.717, 1.165) is 45.7 Å². The topological polar surface area (TPSA) is 30.2 Å². The number of para-hydroxylation sites is 2. The van der Waals surface area contributed by atoms with Crippen molar-refractivity contribution in [3.05, 3.63) is 187 Å². The van der Waals surface area contributed by atoms with Crippen molar-refractivity contribution in [2.24, 2.45) is 0 Å². The third-order valence-corrected chi connectivity index (χ3v) is 13.7. The van der Waals surface area contributed by atoms with Crippen LogP contribution in [0.5, 0.6) is 0 Å². The Kier molecular flexibility index (Phi) is 6.50. The fourth-order valence-corrected chi connectivity index (χ4v) is 11.2. The van der Waals surface area contributed by atoms with E-state index in [9.17, 15) is 0 Å². The predicted molar refractivity (Wildman–Crippen MR) is 240 cm³/mol. The van der Waals surface area contributed by atoms with Crippen molar-refractivity contribution >= 4 is 80.5 Å². The molecule has 3 nitrogen and oxygen atoms in total.